The highest BCUT2D eigenvalue weighted by molar-refractivity contribution is 5.82. The van der Waals surface area contributed by atoms with Crippen molar-refractivity contribution in [2.75, 3.05) is 0 Å². The van der Waals surface area contributed by atoms with E-state index >= 15 is 0 Å². The fourth-order valence-corrected chi connectivity index (χ4v) is 4.22. The molecule has 0 aliphatic rings. The molecule has 2 aromatic heterocycles. The molecule has 2 nitrogen and oxygen atoms in total. The van der Waals surface area contributed by atoms with E-state index in [9.17, 15) is 0 Å². The van der Waals surface area contributed by atoms with Crippen molar-refractivity contribution in [1.29, 1.82) is 0 Å². The molecule has 0 fully saturated rings. The van der Waals surface area contributed by atoms with Gasteiger partial charge in [0.25, 0.3) is 0 Å². The summed E-state index contributed by atoms with van der Waals surface area (Å²) in [5, 5.41) is 1.03. The molecule has 0 bridgehead atoms. The van der Waals surface area contributed by atoms with Crippen LogP contribution in [0.1, 0.15) is 84.6 Å². The lowest BCUT2D eigenvalue weighted by Crippen LogP contribution is -2.16. The summed E-state index contributed by atoms with van der Waals surface area (Å²) in [6, 6.07) is 20.0. The molecule has 0 radical (unpaired) electrons. The second-order valence-corrected chi connectivity index (χ2v) is 12.8. The Morgan fingerprint density at radius 2 is 1.12 bits per heavy atom. The van der Waals surface area contributed by atoms with Crippen molar-refractivity contribution in [3.63, 3.8) is 0 Å². The van der Waals surface area contributed by atoms with E-state index in [0.717, 1.165) is 28.0 Å². The predicted molar refractivity (Wildman–Crippen MR) is 146 cm³/mol. The Morgan fingerprint density at radius 3 is 1.68 bits per heavy atom. The topological polar surface area (TPSA) is 26.0 Å². The number of fused-ring (bicyclic) bond motifs is 1. The van der Waals surface area contributed by atoms with Gasteiger partial charge in [-0.25, -0.2) is 4.98 Å². The quantitative estimate of drug-likeness (QED) is 0.302. The lowest BCUT2D eigenvalue weighted by atomic mass is 9.79. The molecule has 2 aromatic carbocycles. The number of aryl methyl sites for hydroxylation is 1. The third-order valence-corrected chi connectivity index (χ3v) is 6.57. The molecule has 4 rings (SSSR count). The van der Waals surface area contributed by atoms with Gasteiger partial charge in [-0.1, -0.05) is 80.0 Å². The Balaban J connectivity index is 1.82. The molecule has 0 N–H and O–H groups in total. The molecule has 0 unspecified atom stereocenters. The van der Waals surface area contributed by atoms with Crippen molar-refractivity contribution in [2.24, 2.45) is 0 Å². The van der Waals surface area contributed by atoms with Gasteiger partial charge in [-0.3, -0.25) is 0 Å². The second-order valence-electron chi connectivity index (χ2n) is 12.8. The first kappa shape index (κ1) is 24.3. The van der Waals surface area contributed by atoms with E-state index in [4.69, 9.17) is 9.40 Å². The van der Waals surface area contributed by atoms with Gasteiger partial charge in [0.1, 0.15) is 5.76 Å². The van der Waals surface area contributed by atoms with Gasteiger partial charge in [0.2, 0.25) is 5.71 Å². The van der Waals surface area contributed by atoms with Crippen LogP contribution in [0.2, 0.25) is 0 Å². The number of hydrogen-bond donors (Lipinski definition) is 0. The number of aromatic nitrogens is 1. The molecule has 178 valence electrons. The number of hydrogen-bond acceptors (Lipinski definition) is 2. The van der Waals surface area contributed by atoms with Gasteiger partial charge in [0, 0.05) is 16.5 Å². The van der Waals surface area contributed by atoms with Crippen molar-refractivity contribution in [3.05, 3.63) is 76.9 Å². The normalized spacial score (nSPS) is 13.0. The molecular weight excluding hydrogens is 414 g/mol. The number of benzene rings is 2. The van der Waals surface area contributed by atoms with Gasteiger partial charge in [-0.15, -0.1) is 0 Å². The largest absolute Gasteiger partial charge is 0.438 e. The van der Waals surface area contributed by atoms with Crippen LogP contribution < -0.4 is 0 Å². The Bertz CT molecular complexity index is 1320. The van der Waals surface area contributed by atoms with E-state index in [1.165, 1.54) is 22.3 Å². The van der Waals surface area contributed by atoms with Crippen LogP contribution in [0.5, 0.6) is 0 Å². The molecular formula is C32H39NO. The third kappa shape index (κ3) is 4.97. The van der Waals surface area contributed by atoms with Crippen LogP contribution in [-0.2, 0) is 16.2 Å². The average molecular weight is 454 g/mol. The minimum absolute atomic E-state index is 0.0589. The molecule has 4 aromatic rings. The summed E-state index contributed by atoms with van der Waals surface area (Å²) in [5.41, 5.74) is 9.29. The predicted octanol–water partition coefficient (Wildman–Crippen LogP) is 9.36. The third-order valence-electron chi connectivity index (χ3n) is 6.57. The first-order valence-corrected chi connectivity index (χ1v) is 12.3. The lowest BCUT2D eigenvalue weighted by molar-refractivity contribution is 0.567. The van der Waals surface area contributed by atoms with Crippen LogP contribution in [0.15, 0.2) is 59.0 Å². The zero-order valence-electron chi connectivity index (χ0n) is 22.6. The molecule has 0 amide bonds. The lowest BCUT2D eigenvalue weighted by Gasteiger charge is -2.25. The van der Waals surface area contributed by atoms with Crippen LogP contribution in [0.3, 0.4) is 0 Å². The van der Waals surface area contributed by atoms with E-state index in [0.29, 0.717) is 5.71 Å². The molecule has 0 atom stereocenters. The molecule has 0 spiro atoms. The van der Waals surface area contributed by atoms with Gasteiger partial charge in [0.05, 0.1) is 5.69 Å². The number of pyridine rings is 1. The molecule has 34 heavy (non-hydrogen) atoms. The van der Waals surface area contributed by atoms with Crippen molar-refractivity contribution in [3.8, 4) is 22.6 Å². The number of nitrogens with zero attached hydrogens (tertiary/aromatic N) is 1. The summed E-state index contributed by atoms with van der Waals surface area (Å²) >= 11 is 0. The molecule has 0 saturated carbocycles. The highest BCUT2D eigenvalue weighted by Crippen LogP contribution is 2.36. The summed E-state index contributed by atoms with van der Waals surface area (Å²) in [6.07, 6.45) is 0. The van der Waals surface area contributed by atoms with E-state index in [-0.39, 0.29) is 16.2 Å². The average Bonchev–Trinajstić information content (AvgIpc) is 3.14. The van der Waals surface area contributed by atoms with Gasteiger partial charge in [-0.05, 0) is 82.3 Å². The maximum atomic E-state index is 6.37. The Hall–Kier alpha value is -2.87. The van der Waals surface area contributed by atoms with Crippen LogP contribution in [0.25, 0.3) is 33.7 Å². The minimum Gasteiger partial charge on any atom is -0.438 e. The summed E-state index contributed by atoms with van der Waals surface area (Å²) in [5.74, 6) is 0.871. The summed E-state index contributed by atoms with van der Waals surface area (Å²) in [6.45, 7) is 22.5. The zero-order valence-corrected chi connectivity index (χ0v) is 22.6. The van der Waals surface area contributed by atoms with Gasteiger partial charge < -0.3 is 4.42 Å². The van der Waals surface area contributed by atoms with Crippen LogP contribution in [0, 0.1) is 6.92 Å². The molecule has 2 heteroatoms. The standard InChI is InChI=1S/C32H39NO/c1-20-13-22(15-24(14-20)30(2,3)4)27-12-11-21-18-28(34-29(21)33-27)23-16-25(31(5,6)7)19-26(17-23)32(8,9)10/h11-19H,1-10H3. The Kier molecular flexibility index (Phi) is 5.79. The van der Waals surface area contributed by atoms with Gasteiger partial charge in [0.15, 0.2) is 0 Å². The van der Waals surface area contributed by atoms with E-state index in [2.05, 4.69) is 124 Å². The van der Waals surface area contributed by atoms with E-state index < -0.39 is 0 Å². The van der Waals surface area contributed by atoms with Crippen molar-refractivity contribution < 1.29 is 4.42 Å². The van der Waals surface area contributed by atoms with Crippen LogP contribution >= 0.6 is 0 Å². The summed E-state index contributed by atoms with van der Waals surface area (Å²) < 4.78 is 6.37. The maximum Gasteiger partial charge on any atom is 0.227 e. The highest BCUT2D eigenvalue weighted by Gasteiger charge is 2.22. The van der Waals surface area contributed by atoms with E-state index in [1.54, 1.807) is 0 Å². The Morgan fingerprint density at radius 1 is 0.588 bits per heavy atom. The Labute approximate surface area is 205 Å². The molecule has 2 heterocycles. The van der Waals surface area contributed by atoms with Crippen molar-refractivity contribution in [1.82, 2.24) is 4.98 Å². The SMILES string of the molecule is Cc1cc(-c2ccc3cc(-c4cc(C(C)(C)C)cc(C(C)(C)C)c4)oc3n2)cc(C(C)(C)C)c1. The second kappa shape index (κ2) is 8.12. The smallest absolute Gasteiger partial charge is 0.227 e. The van der Waals surface area contributed by atoms with Crippen molar-refractivity contribution >= 4 is 11.1 Å². The van der Waals surface area contributed by atoms with Crippen LogP contribution in [0.4, 0.5) is 0 Å². The summed E-state index contributed by atoms with van der Waals surface area (Å²) in [4.78, 5) is 4.93. The maximum absolute atomic E-state index is 6.37. The zero-order chi connectivity index (χ0) is 25.1. The minimum atomic E-state index is 0.0589. The van der Waals surface area contributed by atoms with Crippen molar-refractivity contribution in [2.45, 2.75) is 85.5 Å². The summed E-state index contributed by atoms with van der Waals surface area (Å²) in [7, 11) is 0. The first-order chi connectivity index (χ1) is 15.6. The number of rotatable bonds is 2. The highest BCUT2D eigenvalue weighted by atomic mass is 16.3. The molecule has 0 saturated heterocycles. The first-order valence-electron chi connectivity index (χ1n) is 12.3. The number of furan rings is 1. The molecule has 0 aliphatic carbocycles. The van der Waals surface area contributed by atoms with E-state index in [1.807, 2.05) is 0 Å². The molecule has 0 aliphatic heterocycles. The monoisotopic (exact) mass is 453 g/mol. The fourth-order valence-electron chi connectivity index (χ4n) is 4.22. The van der Waals surface area contributed by atoms with Crippen LogP contribution in [-0.4, -0.2) is 4.98 Å². The van der Waals surface area contributed by atoms with Gasteiger partial charge in [-0.2, -0.15) is 0 Å². The fraction of sp³-hybridized carbons (Fsp3) is 0.406. The van der Waals surface area contributed by atoms with Gasteiger partial charge >= 0.3 is 0 Å².